The largest absolute Gasteiger partial charge is 0.337 e. The predicted molar refractivity (Wildman–Crippen MR) is 106 cm³/mol. The molecule has 0 saturated heterocycles. The number of rotatable bonds is 4. The molecule has 0 unspecified atom stereocenters. The lowest BCUT2D eigenvalue weighted by molar-refractivity contribution is 0.0789. The number of hydrogen-bond acceptors (Lipinski definition) is 5. The van der Waals surface area contributed by atoms with Crippen molar-refractivity contribution in [3.8, 4) is 0 Å². The summed E-state index contributed by atoms with van der Waals surface area (Å²) in [5.74, 6) is 0.777. The van der Waals surface area contributed by atoms with Gasteiger partial charge in [-0.15, -0.1) is 23.1 Å². The number of nitrogens with zero attached hydrogens (tertiary/aromatic N) is 3. The Morgan fingerprint density at radius 1 is 1.16 bits per heavy atom. The highest BCUT2D eigenvalue weighted by Crippen LogP contribution is 2.32. The van der Waals surface area contributed by atoms with Crippen molar-refractivity contribution in [3.05, 3.63) is 51.8 Å². The van der Waals surface area contributed by atoms with Crippen LogP contribution >= 0.6 is 23.1 Å². The van der Waals surface area contributed by atoms with Crippen LogP contribution in [0.25, 0.3) is 10.2 Å². The van der Waals surface area contributed by atoms with Gasteiger partial charge in [-0.25, -0.2) is 9.97 Å². The predicted octanol–water partition coefficient (Wildman–Crippen LogP) is 4.61. The molecule has 130 valence electrons. The van der Waals surface area contributed by atoms with Crippen LogP contribution in [0.1, 0.15) is 32.3 Å². The van der Waals surface area contributed by atoms with E-state index in [1.807, 2.05) is 27.8 Å². The Morgan fingerprint density at radius 3 is 2.48 bits per heavy atom. The van der Waals surface area contributed by atoms with E-state index in [0.29, 0.717) is 6.54 Å². The third-order valence-corrected chi connectivity index (χ3v) is 6.12. The second-order valence-corrected chi connectivity index (χ2v) is 7.98. The molecule has 0 aliphatic heterocycles. The smallest absolute Gasteiger partial charge is 0.264 e. The van der Waals surface area contributed by atoms with E-state index in [2.05, 4.69) is 40.5 Å². The summed E-state index contributed by atoms with van der Waals surface area (Å²) in [4.78, 5) is 26.5. The molecule has 1 aromatic carbocycles. The summed E-state index contributed by atoms with van der Waals surface area (Å²) < 4.78 is 0. The first-order valence-electron chi connectivity index (χ1n) is 8.03. The molecule has 0 bridgehead atoms. The zero-order valence-corrected chi connectivity index (χ0v) is 16.7. The highest BCUT2D eigenvalue weighted by atomic mass is 32.2. The number of fused-ring (bicyclic) bond motifs is 1. The molecule has 6 heteroatoms. The van der Waals surface area contributed by atoms with E-state index < -0.39 is 0 Å². The summed E-state index contributed by atoms with van der Waals surface area (Å²) in [6, 6.07) is 8.33. The third kappa shape index (κ3) is 3.55. The van der Waals surface area contributed by atoms with Gasteiger partial charge in [0.05, 0.1) is 4.88 Å². The zero-order valence-electron chi connectivity index (χ0n) is 15.1. The van der Waals surface area contributed by atoms with Gasteiger partial charge in [-0.05, 0) is 50.3 Å². The van der Waals surface area contributed by atoms with Crippen LogP contribution in [0.5, 0.6) is 0 Å². The maximum Gasteiger partial charge on any atom is 0.264 e. The molecule has 0 spiro atoms. The Bertz CT molecular complexity index is 932. The average molecular weight is 372 g/mol. The topological polar surface area (TPSA) is 46.1 Å². The molecule has 2 aromatic heterocycles. The molecular weight excluding hydrogens is 350 g/mol. The minimum atomic E-state index is 0.0338. The van der Waals surface area contributed by atoms with Crippen molar-refractivity contribution in [2.24, 2.45) is 0 Å². The maximum absolute atomic E-state index is 12.9. The van der Waals surface area contributed by atoms with E-state index in [0.717, 1.165) is 37.7 Å². The Hall–Kier alpha value is -1.92. The van der Waals surface area contributed by atoms with Crippen LogP contribution in [0, 0.1) is 20.8 Å². The van der Waals surface area contributed by atoms with Gasteiger partial charge in [-0.1, -0.05) is 12.1 Å². The Labute approximate surface area is 156 Å². The van der Waals surface area contributed by atoms with Crippen LogP contribution in [0.2, 0.25) is 0 Å². The van der Waals surface area contributed by atoms with Crippen molar-refractivity contribution in [2.75, 3.05) is 13.3 Å². The van der Waals surface area contributed by atoms with Gasteiger partial charge in [0.2, 0.25) is 0 Å². The Kier molecular flexibility index (Phi) is 5.11. The number of benzene rings is 1. The van der Waals surface area contributed by atoms with Crippen molar-refractivity contribution < 1.29 is 4.79 Å². The van der Waals surface area contributed by atoms with Gasteiger partial charge in [0, 0.05) is 29.6 Å². The molecule has 0 fully saturated rings. The highest BCUT2D eigenvalue weighted by Gasteiger charge is 2.21. The summed E-state index contributed by atoms with van der Waals surface area (Å²) in [6.07, 6.45) is 2.06. The number of hydrogen-bond donors (Lipinski definition) is 0. The minimum Gasteiger partial charge on any atom is -0.337 e. The van der Waals surface area contributed by atoms with Crippen molar-refractivity contribution in [3.63, 3.8) is 0 Å². The third-order valence-electron chi connectivity index (χ3n) is 4.20. The number of aromatic nitrogens is 2. The van der Waals surface area contributed by atoms with Crippen molar-refractivity contribution in [2.45, 2.75) is 32.2 Å². The molecule has 4 nitrogen and oxygen atoms in total. The minimum absolute atomic E-state index is 0.0338. The molecule has 3 rings (SSSR count). The Morgan fingerprint density at radius 2 is 1.84 bits per heavy atom. The van der Waals surface area contributed by atoms with Crippen LogP contribution in [-0.4, -0.2) is 34.1 Å². The molecule has 0 atom stereocenters. The van der Waals surface area contributed by atoms with E-state index >= 15 is 0 Å². The normalized spacial score (nSPS) is 11.1. The summed E-state index contributed by atoms with van der Waals surface area (Å²) in [5, 5.41) is 1.01. The fraction of sp³-hybridized carbons (Fsp3) is 0.316. The molecule has 25 heavy (non-hydrogen) atoms. The lowest BCUT2D eigenvalue weighted by atomic mass is 10.1. The van der Waals surface area contributed by atoms with E-state index in [9.17, 15) is 4.79 Å². The molecule has 1 amide bonds. The van der Waals surface area contributed by atoms with Crippen molar-refractivity contribution >= 4 is 39.2 Å². The molecule has 0 N–H and O–H groups in total. The van der Waals surface area contributed by atoms with E-state index in [1.54, 1.807) is 16.7 Å². The van der Waals surface area contributed by atoms with Crippen molar-refractivity contribution in [1.82, 2.24) is 14.9 Å². The maximum atomic E-state index is 12.9. The lowest BCUT2D eigenvalue weighted by Crippen LogP contribution is -2.25. The number of aryl methyl sites for hydroxylation is 3. The zero-order chi connectivity index (χ0) is 18.1. The summed E-state index contributed by atoms with van der Waals surface area (Å²) in [5.41, 5.74) is 3.04. The average Bonchev–Trinajstić information content (AvgIpc) is 2.91. The fourth-order valence-electron chi connectivity index (χ4n) is 2.93. The standard InChI is InChI=1S/C19H21N3OS2/c1-11-16-12(2)20-13(3)21-18(16)25-17(11)19(23)22(4)10-14-6-8-15(24-5)9-7-14/h6-9H,10H2,1-5H3. The Balaban J connectivity index is 1.87. The highest BCUT2D eigenvalue weighted by molar-refractivity contribution is 7.98. The molecule has 0 aliphatic rings. The number of thiophene rings is 1. The van der Waals surface area contributed by atoms with Crippen LogP contribution in [0.4, 0.5) is 0 Å². The monoisotopic (exact) mass is 371 g/mol. The van der Waals surface area contributed by atoms with Crippen LogP contribution < -0.4 is 0 Å². The molecule has 0 saturated carbocycles. The molecule has 0 aliphatic carbocycles. The quantitative estimate of drug-likeness (QED) is 0.628. The number of carbonyl (C=O) groups is 1. The molecular formula is C19H21N3OS2. The second-order valence-electron chi connectivity index (χ2n) is 6.10. The number of thioether (sulfide) groups is 1. The van der Waals surface area contributed by atoms with Gasteiger partial charge in [0.15, 0.2) is 0 Å². The molecule has 2 heterocycles. The first kappa shape index (κ1) is 17.9. The van der Waals surface area contributed by atoms with Gasteiger partial charge in [-0.2, -0.15) is 0 Å². The van der Waals surface area contributed by atoms with Gasteiger partial charge in [-0.3, -0.25) is 4.79 Å². The number of amides is 1. The molecule has 0 radical (unpaired) electrons. The molecule has 3 aromatic rings. The van der Waals surface area contributed by atoms with Gasteiger partial charge in [0.1, 0.15) is 10.7 Å². The first-order chi connectivity index (χ1) is 11.9. The summed E-state index contributed by atoms with van der Waals surface area (Å²) in [6.45, 7) is 6.43. The summed E-state index contributed by atoms with van der Waals surface area (Å²) >= 11 is 3.17. The fourth-order valence-corrected chi connectivity index (χ4v) is 4.61. The van der Waals surface area contributed by atoms with E-state index in [-0.39, 0.29) is 5.91 Å². The van der Waals surface area contributed by atoms with E-state index in [1.165, 1.54) is 16.2 Å². The van der Waals surface area contributed by atoms with Crippen LogP contribution in [0.3, 0.4) is 0 Å². The van der Waals surface area contributed by atoms with Crippen LogP contribution in [-0.2, 0) is 6.54 Å². The van der Waals surface area contributed by atoms with Gasteiger partial charge < -0.3 is 4.90 Å². The van der Waals surface area contributed by atoms with E-state index in [4.69, 9.17) is 0 Å². The van der Waals surface area contributed by atoms with Gasteiger partial charge in [0.25, 0.3) is 5.91 Å². The second kappa shape index (κ2) is 7.14. The van der Waals surface area contributed by atoms with Crippen LogP contribution in [0.15, 0.2) is 29.2 Å². The van der Waals surface area contributed by atoms with Gasteiger partial charge >= 0.3 is 0 Å². The number of carbonyl (C=O) groups excluding carboxylic acids is 1. The first-order valence-corrected chi connectivity index (χ1v) is 10.1. The summed E-state index contributed by atoms with van der Waals surface area (Å²) in [7, 11) is 1.85. The van der Waals surface area contributed by atoms with Crippen molar-refractivity contribution in [1.29, 1.82) is 0 Å². The lowest BCUT2D eigenvalue weighted by Gasteiger charge is -2.17. The SMILES string of the molecule is CSc1ccc(CN(C)C(=O)c2sc3nc(C)nc(C)c3c2C)cc1.